The summed E-state index contributed by atoms with van der Waals surface area (Å²) in [5, 5.41) is 8.60. The topological polar surface area (TPSA) is 63.6 Å². The number of carboxylic acid groups (broad SMARTS) is 1. The number of benzene rings is 1. The Kier molecular flexibility index (Phi) is 4.71. The first-order chi connectivity index (χ1) is 9.16. The number of hydrogen-bond donors (Lipinski definition) is 1. The largest absolute Gasteiger partial charge is 0.496 e. The minimum absolute atomic E-state index is 0.178. The highest BCUT2D eigenvalue weighted by atomic mass is 16.5. The molecule has 4 heteroatoms. The highest BCUT2D eigenvalue weighted by Crippen LogP contribution is 2.35. The van der Waals surface area contributed by atoms with Gasteiger partial charge in [0.2, 0.25) is 0 Å². The fraction of sp³-hybridized carbons (Fsp3) is 0.375. The van der Waals surface area contributed by atoms with Crippen molar-refractivity contribution in [2.75, 3.05) is 7.11 Å². The van der Waals surface area contributed by atoms with E-state index in [1.165, 1.54) is 7.11 Å². The predicted octanol–water partition coefficient (Wildman–Crippen LogP) is 3.12. The molecule has 0 aromatic heterocycles. The Morgan fingerprint density at radius 1 is 1.20 bits per heavy atom. The number of carboxylic acids is 1. The summed E-state index contributed by atoms with van der Waals surface area (Å²) in [6.07, 6.45) is 1.88. The molecule has 108 valence electrons. The average Bonchev–Trinajstić information content (AvgIpc) is 2.33. The Bertz CT molecular complexity index is 563. The number of ether oxygens (including phenoxy) is 1. The van der Waals surface area contributed by atoms with Crippen LogP contribution < -0.4 is 4.74 Å². The van der Waals surface area contributed by atoms with E-state index >= 15 is 0 Å². The van der Waals surface area contributed by atoms with Crippen molar-refractivity contribution in [1.82, 2.24) is 0 Å². The summed E-state index contributed by atoms with van der Waals surface area (Å²) in [4.78, 5) is 22.6. The van der Waals surface area contributed by atoms with Gasteiger partial charge in [0.1, 0.15) is 5.75 Å². The molecule has 0 saturated heterocycles. The van der Waals surface area contributed by atoms with Crippen molar-refractivity contribution in [3.63, 3.8) is 0 Å². The molecule has 4 nitrogen and oxygen atoms in total. The van der Waals surface area contributed by atoms with E-state index in [1.54, 1.807) is 6.07 Å². The molecule has 0 bridgehead atoms. The molecule has 20 heavy (non-hydrogen) atoms. The lowest BCUT2D eigenvalue weighted by atomic mass is 9.83. The SMILES string of the molecule is COc1c(C(=O)/C=C/C(=O)O)cc(C)cc1C(C)(C)C. The fourth-order valence-corrected chi connectivity index (χ4v) is 1.97. The molecule has 0 aliphatic heterocycles. The molecule has 1 N–H and O–H groups in total. The fourth-order valence-electron chi connectivity index (χ4n) is 1.97. The molecule has 0 aliphatic rings. The van der Waals surface area contributed by atoms with Crippen LogP contribution in [0, 0.1) is 6.92 Å². The van der Waals surface area contributed by atoms with Crippen molar-refractivity contribution in [3.05, 3.63) is 41.0 Å². The van der Waals surface area contributed by atoms with Gasteiger partial charge in [0.25, 0.3) is 0 Å². The molecule has 0 fully saturated rings. The number of allylic oxidation sites excluding steroid dienone is 1. The van der Waals surface area contributed by atoms with E-state index in [0.29, 0.717) is 11.3 Å². The van der Waals surface area contributed by atoms with E-state index in [-0.39, 0.29) is 11.2 Å². The number of carbonyl (C=O) groups is 2. The van der Waals surface area contributed by atoms with Crippen LogP contribution in [0.25, 0.3) is 0 Å². The second-order valence-electron chi connectivity index (χ2n) is 5.68. The Morgan fingerprint density at radius 3 is 2.25 bits per heavy atom. The van der Waals surface area contributed by atoms with Gasteiger partial charge in [0.15, 0.2) is 5.78 Å². The molecular formula is C16H20O4. The second-order valence-corrected chi connectivity index (χ2v) is 5.68. The maximum atomic E-state index is 12.1. The monoisotopic (exact) mass is 276 g/mol. The first-order valence-electron chi connectivity index (χ1n) is 6.31. The van der Waals surface area contributed by atoms with Gasteiger partial charge in [-0.2, -0.15) is 0 Å². The van der Waals surface area contributed by atoms with Crippen molar-refractivity contribution in [2.45, 2.75) is 33.1 Å². The van der Waals surface area contributed by atoms with Gasteiger partial charge in [-0.15, -0.1) is 0 Å². The number of carbonyl (C=O) groups excluding carboxylic acids is 1. The Morgan fingerprint density at radius 2 is 1.80 bits per heavy atom. The van der Waals surface area contributed by atoms with Crippen molar-refractivity contribution in [2.24, 2.45) is 0 Å². The summed E-state index contributed by atoms with van der Waals surface area (Å²) < 4.78 is 5.38. The zero-order valence-corrected chi connectivity index (χ0v) is 12.5. The van der Waals surface area contributed by atoms with Gasteiger partial charge >= 0.3 is 5.97 Å². The van der Waals surface area contributed by atoms with Crippen LogP contribution in [-0.4, -0.2) is 24.0 Å². The van der Waals surface area contributed by atoms with Crippen molar-refractivity contribution >= 4 is 11.8 Å². The van der Waals surface area contributed by atoms with Crippen LogP contribution in [0.3, 0.4) is 0 Å². The van der Waals surface area contributed by atoms with Gasteiger partial charge in [-0.05, 0) is 30.0 Å². The third kappa shape index (κ3) is 3.70. The first kappa shape index (κ1) is 16.0. The Hall–Kier alpha value is -2.10. The van der Waals surface area contributed by atoms with Gasteiger partial charge < -0.3 is 9.84 Å². The number of hydrogen-bond acceptors (Lipinski definition) is 3. The number of aryl methyl sites for hydroxylation is 1. The molecule has 1 rings (SSSR count). The highest BCUT2D eigenvalue weighted by molar-refractivity contribution is 6.09. The zero-order chi connectivity index (χ0) is 15.5. The lowest BCUT2D eigenvalue weighted by Gasteiger charge is -2.24. The predicted molar refractivity (Wildman–Crippen MR) is 77.5 cm³/mol. The van der Waals surface area contributed by atoms with Crippen molar-refractivity contribution in [1.29, 1.82) is 0 Å². The van der Waals surface area contributed by atoms with Crippen molar-refractivity contribution < 1.29 is 19.4 Å². The van der Waals surface area contributed by atoms with Crippen molar-refractivity contribution in [3.8, 4) is 5.75 Å². The number of methoxy groups -OCH3 is 1. The van der Waals surface area contributed by atoms with Crippen LogP contribution in [0.1, 0.15) is 42.3 Å². The maximum absolute atomic E-state index is 12.1. The lowest BCUT2D eigenvalue weighted by Crippen LogP contribution is -2.15. The molecular weight excluding hydrogens is 256 g/mol. The third-order valence-corrected chi connectivity index (χ3v) is 2.89. The summed E-state index contributed by atoms with van der Waals surface area (Å²) in [5.74, 6) is -1.03. The van der Waals surface area contributed by atoms with Crippen LogP contribution in [0.5, 0.6) is 5.75 Å². The van der Waals surface area contributed by atoms with Gasteiger partial charge in [-0.25, -0.2) is 4.79 Å². The zero-order valence-electron chi connectivity index (χ0n) is 12.5. The minimum Gasteiger partial charge on any atom is -0.496 e. The molecule has 1 aromatic rings. The summed E-state index contributed by atoms with van der Waals surface area (Å²) in [7, 11) is 1.51. The minimum atomic E-state index is -1.15. The standard InChI is InChI=1S/C16H20O4/c1-10-8-11(13(17)6-7-14(18)19)15(20-5)12(9-10)16(2,3)4/h6-9H,1-5H3,(H,18,19)/b7-6+. The number of aliphatic carboxylic acids is 1. The van der Waals surface area contributed by atoms with E-state index in [9.17, 15) is 9.59 Å². The first-order valence-corrected chi connectivity index (χ1v) is 6.31. The summed E-state index contributed by atoms with van der Waals surface area (Å²) in [5.41, 5.74) is 2.06. The van der Waals surface area contributed by atoms with E-state index in [1.807, 2.05) is 33.8 Å². The van der Waals surface area contributed by atoms with Gasteiger partial charge in [-0.3, -0.25) is 4.79 Å². The molecule has 0 heterocycles. The van der Waals surface area contributed by atoms with Crippen LogP contribution in [0.2, 0.25) is 0 Å². The molecule has 0 saturated carbocycles. The molecule has 0 unspecified atom stereocenters. The summed E-state index contributed by atoms with van der Waals surface area (Å²) in [6, 6.07) is 3.69. The molecule has 0 atom stereocenters. The van der Waals surface area contributed by atoms with Gasteiger partial charge in [-0.1, -0.05) is 26.8 Å². The number of ketones is 1. The van der Waals surface area contributed by atoms with Gasteiger partial charge in [0, 0.05) is 11.6 Å². The van der Waals surface area contributed by atoms with E-state index < -0.39 is 5.97 Å². The summed E-state index contributed by atoms with van der Waals surface area (Å²) >= 11 is 0. The highest BCUT2D eigenvalue weighted by Gasteiger charge is 2.23. The third-order valence-electron chi connectivity index (χ3n) is 2.89. The van der Waals surface area contributed by atoms with Crippen LogP contribution in [-0.2, 0) is 10.2 Å². The molecule has 0 amide bonds. The normalized spacial score (nSPS) is 11.7. The molecule has 0 radical (unpaired) electrons. The Balaban J connectivity index is 3.43. The van der Waals surface area contributed by atoms with E-state index in [2.05, 4.69) is 0 Å². The van der Waals surface area contributed by atoms with Crippen LogP contribution >= 0.6 is 0 Å². The Labute approximate surface area is 119 Å². The summed E-state index contributed by atoms with van der Waals surface area (Å²) in [6.45, 7) is 8.00. The van der Waals surface area contributed by atoms with E-state index in [0.717, 1.165) is 23.3 Å². The van der Waals surface area contributed by atoms with Crippen LogP contribution in [0.4, 0.5) is 0 Å². The van der Waals surface area contributed by atoms with Crippen LogP contribution in [0.15, 0.2) is 24.3 Å². The lowest BCUT2D eigenvalue weighted by molar-refractivity contribution is -0.131. The molecule has 0 aliphatic carbocycles. The molecule has 1 aromatic carbocycles. The molecule has 0 spiro atoms. The quantitative estimate of drug-likeness (QED) is 0.678. The average molecular weight is 276 g/mol. The van der Waals surface area contributed by atoms with Gasteiger partial charge in [0.05, 0.1) is 12.7 Å². The number of rotatable bonds is 4. The smallest absolute Gasteiger partial charge is 0.328 e. The second kappa shape index (κ2) is 5.90. The van der Waals surface area contributed by atoms with E-state index in [4.69, 9.17) is 9.84 Å². The maximum Gasteiger partial charge on any atom is 0.328 e.